The smallest absolute Gasteiger partial charge is 0.240 e. The molecule has 124 valence electrons. The highest BCUT2D eigenvalue weighted by Crippen LogP contribution is 2.25. The first-order chi connectivity index (χ1) is 11.6. The number of methoxy groups -OCH3 is 1. The van der Waals surface area contributed by atoms with Gasteiger partial charge in [-0.1, -0.05) is 19.1 Å². The Balaban J connectivity index is 1.79. The molecule has 0 aromatic heterocycles. The number of amides is 1. The lowest BCUT2D eigenvalue weighted by Crippen LogP contribution is -2.31. The molecule has 0 saturated heterocycles. The Kier molecular flexibility index (Phi) is 4.46. The molecule has 1 amide bonds. The summed E-state index contributed by atoms with van der Waals surface area (Å²) >= 11 is 0. The van der Waals surface area contributed by atoms with Gasteiger partial charge in [-0.2, -0.15) is 5.10 Å². The average molecular weight is 327 g/mol. The Morgan fingerprint density at radius 2 is 2.00 bits per heavy atom. The van der Waals surface area contributed by atoms with Crippen LogP contribution in [0.3, 0.4) is 0 Å². The maximum Gasteiger partial charge on any atom is 0.240 e. The van der Waals surface area contributed by atoms with Crippen LogP contribution < -0.4 is 15.5 Å². The number of nitrogens with zero attached hydrogens (tertiary/aromatic N) is 1. The van der Waals surface area contributed by atoms with Crippen molar-refractivity contribution in [3.8, 4) is 5.75 Å². The van der Waals surface area contributed by atoms with Gasteiger partial charge < -0.3 is 10.1 Å². The molecule has 2 N–H and O–H groups in total. The number of hydrazone groups is 1. The van der Waals surface area contributed by atoms with E-state index in [1.54, 1.807) is 12.1 Å². The zero-order valence-electron chi connectivity index (χ0n) is 13.5. The van der Waals surface area contributed by atoms with Gasteiger partial charge in [0.1, 0.15) is 11.6 Å². The Morgan fingerprint density at radius 3 is 2.67 bits per heavy atom. The second kappa shape index (κ2) is 6.70. The second-order valence-corrected chi connectivity index (χ2v) is 5.69. The van der Waals surface area contributed by atoms with Gasteiger partial charge in [0, 0.05) is 24.1 Å². The number of ether oxygens (including phenoxy) is 1. The highest BCUT2D eigenvalue weighted by molar-refractivity contribution is 6.05. The summed E-state index contributed by atoms with van der Waals surface area (Å²) in [5.74, 6) is 0.218. The topological polar surface area (TPSA) is 62.7 Å². The summed E-state index contributed by atoms with van der Waals surface area (Å²) in [5, 5.41) is 7.16. The molecule has 1 atom stereocenters. The molecule has 0 unspecified atom stereocenters. The van der Waals surface area contributed by atoms with Crippen LogP contribution in [-0.2, 0) is 4.79 Å². The minimum Gasteiger partial charge on any atom is -0.497 e. The van der Waals surface area contributed by atoms with E-state index < -0.39 is 0 Å². The van der Waals surface area contributed by atoms with E-state index in [4.69, 9.17) is 4.74 Å². The van der Waals surface area contributed by atoms with Gasteiger partial charge in [0.05, 0.1) is 18.5 Å². The Hall–Kier alpha value is -2.89. The molecule has 0 radical (unpaired) electrons. The third-order valence-corrected chi connectivity index (χ3v) is 3.89. The Labute approximate surface area is 139 Å². The van der Waals surface area contributed by atoms with Crippen LogP contribution in [0.1, 0.15) is 18.9 Å². The Bertz CT molecular complexity index is 787. The molecule has 2 aromatic rings. The van der Waals surface area contributed by atoms with Gasteiger partial charge in [0.15, 0.2) is 0 Å². The van der Waals surface area contributed by atoms with Crippen LogP contribution in [0.4, 0.5) is 15.8 Å². The van der Waals surface area contributed by atoms with Crippen LogP contribution in [0.2, 0.25) is 0 Å². The van der Waals surface area contributed by atoms with Crippen LogP contribution in [0.5, 0.6) is 5.75 Å². The van der Waals surface area contributed by atoms with Crippen molar-refractivity contribution < 1.29 is 13.9 Å². The summed E-state index contributed by atoms with van der Waals surface area (Å²) in [4.78, 5) is 11.3. The molecule has 0 fully saturated rings. The van der Waals surface area contributed by atoms with E-state index in [2.05, 4.69) is 15.8 Å². The lowest BCUT2D eigenvalue weighted by atomic mass is 9.94. The number of hydrogen-bond acceptors (Lipinski definition) is 4. The fraction of sp³-hybridized carbons (Fsp3) is 0.222. The normalized spacial score (nSPS) is 17.0. The van der Waals surface area contributed by atoms with Crippen molar-refractivity contribution >= 4 is 23.0 Å². The van der Waals surface area contributed by atoms with Gasteiger partial charge in [-0.25, -0.2) is 9.82 Å². The number of nitrogens with one attached hydrogen (secondary N) is 2. The number of carbonyl (C=O) groups excluding carboxylic acids is 1. The molecule has 0 saturated carbocycles. The predicted octanol–water partition coefficient (Wildman–Crippen LogP) is 3.44. The molecule has 3 rings (SSSR count). The van der Waals surface area contributed by atoms with Gasteiger partial charge in [-0.3, -0.25) is 4.79 Å². The summed E-state index contributed by atoms with van der Waals surface area (Å²) < 4.78 is 19.0. The molecule has 0 spiro atoms. The predicted molar refractivity (Wildman–Crippen MR) is 91.1 cm³/mol. The van der Waals surface area contributed by atoms with E-state index >= 15 is 0 Å². The fourth-order valence-electron chi connectivity index (χ4n) is 2.61. The lowest BCUT2D eigenvalue weighted by molar-refractivity contribution is -0.121. The van der Waals surface area contributed by atoms with Crippen LogP contribution in [0.25, 0.3) is 0 Å². The molecule has 5 nitrogen and oxygen atoms in total. The number of carbonyl (C=O) groups is 1. The monoisotopic (exact) mass is 327 g/mol. The van der Waals surface area contributed by atoms with Crippen molar-refractivity contribution in [2.24, 2.45) is 11.0 Å². The van der Waals surface area contributed by atoms with E-state index in [1.807, 2.05) is 31.2 Å². The number of rotatable bonds is 4. The third kappa shape index (κ3) is 3.37. The summed E-state index contributed by atoms with van der Waals surface area (Å²) in [6.07, 6.45) is 0.424. The summed E-state index contributed by atoms with van der Waals surface area (Å²) in [7, 11) is 1.54. The van der Waals surface area contributed by atoms with Gasteiger partial charge in [0.25, 0.3) is 0 Å². The van der Waals surface area contributed by atoms with Crippen molar-refractivity contribution in [3.63, 3.8) is 0 Å². The number of hydrogen-bond donors (Lipinski definition) is 2. The van der Waals surface area contributed by atoms with Crippen molar-refractivity contribution in [3.05, 3.63) is 53.8 Å². The van der Waals surface area contributed by atoms with E-state index in [0.29, 0.717) is 17.9 Å². The quantitative estimate of drug-likeness (QED) is 0.904. The number of halogens is 1. The zero-order valence-corrected chi connectivity index (χ0v) is 13.5. The number of anilines is 2. The second-order valence-electron chi connectivity index (χ2n) is 5.69. The molecule has 0 aliphatic carbocycles. The van der Waals surface area contributed by atoms with Crippen LogP contribution >= 0.6 is 0 Å². The molecule has 1 aliphatic heterocycles. The summed E-state index contributed by atoms with van der Waals surface area (Å²) in [6.45, 7) is 1.97. The van der Waals surface area contributed by atoms with Crippen molar-refractivity contribution in [2.75, 3.05) is 12.4 Å². The highest BCUT2D eigenvalue weighted by Gasteiger charge is 2.21. The maximum absolute atomic E-state index is 13.9. The van der Waals surface area contributed by atoms with E-state index in [1.165, 1.54) is 13.2 Å². The van der Waals surface area contributed by atoms with Crippen molar-refractivity contribution in [1.82, 2.24) is 5.43 Å². The maximum atomic E-state index is 13.9. The molecule has 2 aromatic carbocycles. The van der Waals surface area contributed by atoms with Gasteiger partial charge >= 0.3 is 0 Å². The largest absolute Gasteiger partial charge is 0.497 e. The lowest BCUT2D eigenvalue weighted by Gasteiger charge is -2.19. The highest BCUT2D eigenvalue weighted by atomic mass is 19.1. The minimum atomic E-state index is -0.354. The first kappa shape index (κ1) is 16.0. The standard InChI is InChI=1S/C18H18FN3O2/c1-11-9-17(23)21-22-18(11)12-3-5-13(6-4-12)20-16-10-14(24-2)7-8-15(16)19/h3-8,10-11,20H,9H2,1-2H3,(H,21,23)/t11-/m1/s1. The van der Waals surface area contributed by atoms with Crippen molar-refractivity contribution in [1.29, 1.82) is 0 Å². The molecule has 24 heavy (non-hydrogen) atoms. The first-order valence-electron chi connectivity index (χ1n) is 7.64. The summed E-state index contributed by atoms with van der Waals surface area (Å²) in [5.41, 5.74) is 5.37. The van der Waals surface area contributed by atoms with E-state index in [-0.39, 0.29) is 17.6 Å². The SMILES string of the molecule is COc1ccc(F)c(Nc2ccc(C3=NNC(=O)C[C@H]3C)cc2)c1. The van der Waals surface area contributed by atoms with Gasteiger partial charge in [-0.05, 0) is 29.8 Å². The number of benzene rings is 2. The third-order valence-electron chi connectivity index (χ3n) is 3.89. The zero-order chi connectivity index (χ0) is 17.1. The molecule has 1 heterocycles. The van der Waals surface area contributed by atoms with Crippen LogP contribution in [0.15, 0.2) is 47.6 Å². The Morgan fingerprint density at radius 1 is 1.25 bits per heavy atom. The average Bonchev–Trinajstić information content (AvgIpc) is 2.58. The minimum absolute atomic E-state index is 0.0633. The molecular formula is C18H18FN3O2. The van der Waals surface area contributed by atoms with E-state index in [0.717, 1.165) is 17.0 Å². The fourth-order valence-corrected chi connectivity index (χ4v) is 2.61. The first-order valence-corrected chi connectivity index (χ1v) is 7.64. The van der Waals surface area contributed by atoms with Crippen LogP contribution in [-0.4, -0.2) is 18.7 Å². The van der Waals surface area contributed by atoms with Crippen molar-refractivity contribution in [2.45, 2.75) is 13.3 Å². The van der Waals surface area contributed by atoms with Gasteiger partial charge in [0.2, 0.25) is 5.91 Å². The molecular weight excluding hydrogens is 309 g/mol. The van der Waals surface area contributed by atoms with Crippen LogP contribution in [0, 0.1) is 11.7 Å². The molecule has 6 heteroatoms. The van der Waals surface area contributed by atoms with E-state index in [9.17, 15) is 9.18 Å². The summed E-state index contributed by atoms with van der Waals surface area (Å²) in [6, 6.07) is 12.0. The van der Waals surface area contributed by atoms with Gasteiger partial charge in [-0.15, -0.1) is 0 Å². The molecule has 0 bridgehead atoms. The molecule has 1 aliphatic rings.